The topological polar surface area (TPSA) is 59.5 Å². The molecule has 29 heavy (non-hydrogen) atoms. The van der Waals surface area contributed by atoms with Crippen LogP contribution in [0.1, 0.15) is 75.1 Å². The Morgan fingerprint density at radius 2 is 1.93 bits per heavy atom. The summed E-state index contributed by atoms with van der Waals surface area (Å²) in [6.45, 7) is 10.8. The molecule has 0 saturated heterocycles. The zero-order chi connectivity index (χ0) is 21.2. The molecule has 2 atom stereocenters. The van der Waals surface area contributed by atoms with Crippen LogP contribution in [0.15, 0.2) is 36.4 Å². The highest BCUT2D eigenvalue weighted by atomic mass is 32.2. The van der Waals surface area contributed by atoms with E-state index in [4.69, 9.17) is 9.72 Å². The van der Waals surface area contributed by atoms with Crippen molar-refractivity contribution in [2.75, 3.05) is 6.61 Å². The molecule has 1 aliphatic heterocycles. The van der Waals surface area contributed by atoms with E-state index in [1.807, 2.05) is 57.2 Å². The summed E-state index contributed by atoms with van der Waals surface area (Å²) in [6.07, 6.45) is 1.85. The van der Waals surface area contributed by atoms with Crippen LogP contribution in [0.4, 0.5) is 0 Å². The number of rotatable bonds is 6. The average molecular weight is 415 g/mol. The highest BCUT2D eigenvalue weighted by Crippen LogP contribution is 2.44. The summed E-state index contributed by atoms with van der Waals surface area (Å²) < 4.78 is 20.2. The quantitative estimate of drug-likeness (QED) is 0.621. The van der Waals surface area contributed by atoms with Crippen molar-refractivity contribution in [3.05, 3.63) is 53.2 Å². The average Bonchev–Trinajstić information content (AvgIpc) is 3.05. The van der Waals surface area contributed by atoms with Gasteiger partial charge >= 0.3 is 5.97 Å². The van der Waals surface area contributed by atoms with E-state index >= 15 is 0 Å². The Balaban J connectivity index is 2.18. The molecule has 1 aliphatic rings. The Kier molecular flexibility index (Phi) is 6.54. The summed E-state index contributed by atoms with van der Waals surface area (Å²) in [4.78, 5) is 17.2. The number of nitrogens with zero attached hydrogens (tertiary/aromatic N) is 2. The van der Waals surface area contributed by atoms with Crippen LogP contribution in [0, 0.1) is 0 Å². The van der Waals surface area contributed by atoms with E-state index in [-0.39, 0.29) is 10.8 Å². The summed E-state index contributed by atoms with van der Waals surface area (Å²) >= 11 is 0. The highest BCUT2D eigenvalue weighted by Gasteiger charge is 2.40. The van der Waals surface area contributed by atoms with E-state index in [0.29, 0.717) is 18.8 Å². The van der Waals surface area contributed by atoms with Gasteiger partial charge in [-0.15, -0.1) is 0 Å². The van der Waals surface area contributed by atoms with Crippen LogP contribution in [-0.2, 0) is 22.3 Å². The lowest BCUT2D eigenvalue weighted by atomic mass is 9.95. The van der Waals surface area contributed by atoms with Crippen LogP contribution in [-0.4, -0.2) is 30.8 Å². The van der Waals surface area contributed by atoms with Crippen molar-refractivity contribution in [3.63, 3.8) is 0 Å². The van der Waals surface area contributed by atoms with Crippen LogP contribution in [0.2, 0.25) is 0 Å². The van der Waals surface area contributed by atoms with Crippen LogP contribution in [0.25, 0.3) is 11.3 Å². The number of aromatic nitrogens is 1. The lowest BCUT2D eigenvalue weighted by Crippen LogP contribution is -2.36. The van der Waals surface area contributed by atoms with Crippen LogP contribution in [0.5, 0.6) is 0 Å². The van der Waals surface area contributed by atoms with Gasteiger partial charge in [0.05, 0.1) is 23.1 Å². The van der Waals surface area contributed by atoms with Crippen molar-refractivity contribution in [1.82, 2.24) is 9.29 Å². The maximum atomic E-state index is 13.3. The lowest BCUT2D eigenvalue weighted by molar-refractivity contribution is 0.0519. The number of carbonyl (C=O) groups is 1. The molecule has 0 radical (unpaired) electrons. The number of ether oxygens (including phenoxy) is 1. The first-order valence-electron chi connectivity index (χ1n) is 10.2. The van der Waals surface area contributed by atoms with Gasteiger partial charge in [0.1, 0.15) is 16.7 Å². The minimum absolute atomic E-state index is 0.00834. The zero-order valence-corrected chi connectivity index (χ0v) is 18.7. The van der Waals surface area contributed by atoms with Gasteiger partial charge < -0.3 is 4.74 Å². The van der Waals surface area contributed by atoms with E-state index in [1.165, 1.54) is 0 Å². The summed E-state index contributed by atoms with van der Waals surface area (Å²) in [5.41, 5.74) is 4.15. The first-order chi connectivity index (χ1) is 13.8. The van der Waals surface area contributed by atoms with Crippen molar-refractivity contribution in [1.29, 1.82) is 0 Å². The largest absolute Gasteiger partial charge is 0.461 e. The highest BCUT2D eigenvalue weighted by molar-refractivity contribution is 7.84. The van der Waals surface area contributed by atoms with Crippen molar-refractivity contribution in [2.45, 2.75) is 64.8 Å². The molecule has 0 N–H and O–H groups in total. The fraction of sp³-hybridized carbons (Fsp3) is 0.478. The maximum Gasteiger partial charge on any atom is 0.356 e. The molecule has 3 rings (SSSR count). The Morgan fingerprint density at radius 3 is 2.52 bits per heavy atom. The predicted octanol–water partition coefficient (Wildman–Crippen LogP) is 5.04. The third-order valence-corrected chi connectivity index (χ3v) is 6.84. The number of hydrogen-bond donors (Lipinski definition) is 0. The van der Waals surface area contributed by atoms with Crippen molar-refractivity contribution in [3.8, 4) is 11.3 Å². The maximum absolute atomic E-state index is 13.3. The molecule has 156 valence electrons. The number of hydrogen-bond acceptors (Lipinski definition) is 4. The molecule has 0 aliphatic carbocycles. The van der Waals surface area contributed by atoms with Crippen LogP contribution >= 0.6 is 0 Å². The third kappa shape index (κ3) is 4.43. The third-order valence-electron chi connectivity index (χ3n) is 4.98. The molecule has 0 spiro atoms. The molecule has 6 heteroatoms. The Hall–Kier alpha value is -2.05. The van der Waals surface area contributed by atoms with Gasteiger partial charge in [0, 0.05) is 17.7 Å². The van der Waals surface area contributed by atoms with E-state index < -0.39 is 17.0 Å². The zero-order valence-electron chi connectivity index (χ0n) is 17.9. The second kappa shape index (κ2) is 8.76. The first-order valence-corrected chi connectivity index (χ1v) is 11.3. The summed E-state index contributed by atoms with van der Waals surface area (Å²) in [6, 6.07) is 11.7. The molecule has 2 aromatic rings. The molecule has 0 saturated carbocycles. The van der Waals surface area contributed by atoms with Gasteiger partial charge in [-0.2, -0.15) is 0 Å². The number of carbonyl (C=O) groups excluding carboxylic acids is 1. The molecule has 5 nitrogen and oxygen atoms in total. The van der Waals surface area contributed by atoms with Gasteiger partial charge in [-0.1, -0.05) is 43.7 Å². The summed E-state index contributed by atoms with van der Waals surface area (Å²) in [7, 11) is -1.17. The van der Waals surface area contributed by atoms with E-state index in [0.717, 1.165) is 35.2 Å². The fourth-order valence-electron chi connectivity index (χ4n) is 3.75. The number of esters is 1. The Bertz CT molecular complexity index is 906. The minimum Gasteiger partial charge on any atom is -0.461 e. The molecule has 0 unspecified atom stereocenters. The van der Waals surface area contributed by atoms with Gasteiger partial charge in [0.15, 0.2) is 0 Å². The SMILES string of the molecule is CCC[C@@H]1c2c(cc(C(=O)OCC)nc2-c2ccccc2)CN1[S@](=O)C(C)(C)C. The molecular formula is C23H30N2O3S. The monoisotopic (exact) mass is 414 g/mol. The number of fused-ring (bicyclic) bond motifs is 1. The number of pyridine rings is 1. The minimum atomic E-state index is -1.17. The molecular weight excluding hydrogens is 384 g/mol. The standard InChI is InChI=1S/C23H30N2O3S/c1-6-11-19-20-17(15-25(19)29(27)23(3,4)5)14-18(22(26)28-7-2)24-21(20)16-12-9-8-10-13-16/h8-10,12-14,19H,6-7,11,15H2,1-5H3/t19-,29-/m1/s1. The van der Waals surface area contributed by atoms with Crippen LogP contribution < -0.4 is 0 Å². The van der Waals surface area contributed by atoms with Crippen LogP contribution in [0.3, 0.4) is 0 Å². The van der Waals surface area contributed by atoms with E-state index in [2.05, 4.69) is 11.2 Å². The van der Waals surface area contributed by atoms with E-state index in [1.54, 1.807) is 6.92 Å². The Labute approximate surface area is 176 Å². The van der Waals surface area contributed by atoms with Crippen molar-refractivity contribution < 1.29 is 13.7 Å². The van der Waals surface area contributed by atoms with Gasteiger partial charge in [-0.3, -0.25) is 0 Å². The molecule has 0 bridgehead atoms. The first kappa shape index (κ1) is 21.7. The van der Waals surface area contributed by atoms with Crippen molar-refractivity contribution in [2.24, 2.45) is 0 Å². The molecule has 1 aromatic carbocycles. The second-order valence-corrected chi connectivity index (χ2v) is 10.4. The molecule has 1 aromatic heterocycles. The van der Waals surface area contributed by atoms with Gasteiger partial charge in [-0.25, -0.2) is 18.3 Å². The van der Waals surface area contributed by atoms with Gasteiger partial charge in [0.2, 0.25) is 0 Å². The van der Waals surface area contributed by atoms with Gasteiger partial charge in [0.25, 0.3) is 0 Å². The number of benzene rings is 1. The predicted molar refractivity (Wildman–Crippen MR) is 117 cm³/mol. The Morgan fingerprint density at radius 1 is 1.24 bits per heavy atom. The molecule has 2 heterocycles. The molecule has 0 fully saturated rings. The summed E-state index contributed by atoms with van der Waals surface area (Å²) in [5, 5.41) is 0. The summed E-state index contributed by atoms with van der Waals surface area (Å²) in [5.74, 6) is -0.421. The lowest BCUT2D eigenvalue weighted by Gasteiger charge is -2.30. The van der Waals surface area contributed by atoms with Gasteiger partial charge in [-0.05, 0) is 45.7 Å². The second-order valence-electron chi connectivity index (χ2n) is 8.26. The smallest absolute Gasteiger partial charge is 0.356 e. The molecule has 0 amide bonds. The fourth-order valence-corrected chi connectivity index (χ4v) is 5.15. The van der Waals surface area contributed by atoms with E-state index in [9.17, 15) is 9.00 Å². The normalized spacial score (nSPS) is 17.8. The van der Waals surface area contributed by atoms with Crippen molar-refractivity contribution >= 4 is 17.0 Å².